The Bertz CT molecular complexity index is 471. The maximum Gasteiger partial charge on any atom is 0.238 e. The minimum Gasteiger partial charge on any atom is -0.370 e. The number of hydrogen-bond acceptors (Lipinski definition) is 4. The standard InChI is InChI=1S/C16H28N6O/c17-11-16(6-8-22(9-7-16)15(19)20)21-14(23)13(18)10-12-4-2-1-3-5-12/h12-13H,1-10,18H2,(H3,19,20)(H,21,23). The van der Waals surface area contributed by atoms with Gasteiger partial charge in [-0.25, -0.2) is 0 Å². The fourth-order valence-corrected chi connectivity index (χ4v) is 3.61. The molecule has 7 nitrogen and oxygen atoms in total. The number of rotatable bonds is 4. The van der Waals surface area contributed by atoms with Crippen LogP contribution in [0.2, 0.25) is 0 Å². The van der Waals surface area contributed by atoms with E-state index in [1.807, 2.05) is 0 Å². The number of piperidine rings is 1. The molecule has 1 atom stereocenters. The number of carbonyl (C=O) groups excluding carboxylic acids is 1. The molecule has 0 aromatic heterocycles. The lowest BCUT2D eigenvalue weighted by molar-refractivity contribution is -0.124. The molecule has 0 aromatic carbocycles. The van der Waals surface area contributed by atoms with E-state index in [0.717, 1.165) is 12.8 Å². The summed E-state index contributed by atoms with van der Waals surface area (Å²) < 4.78 is 0. The van der Waals surface area contributed by atoms with E-state index in [1.54, 1.807) is 4.90 Å². The van der Waals surface area contributed by atoms with Gasteiger partial charge < -0.3 is 21.7 Å². The second-order valence-electron chi connectivity index (χ2n) is 6.90. The van der Waals surface area contributed by atoms with Crippen molar-refractivity contribution in [3.05, 3.63) is 0 Å². The van der Waals surface area contributed by atoms with Crippen LogP contribution in [0.4, 0.5) is 0 Å². The van der Waals surface area contributed by atoms with Gasteiger partial charge in [-0.3, -0.25) is 10.2 Å². The van der Waals surface area contributed by atoms with Crippen molar-refractivity contribution in [2.24, 2.45) is 17.4 Å². The average molecular weight is 320 g/mol. The number of nitrogens with one attached hydrogen (secondary N) is 2. The first kappa shape index (κ1) is 17.5. The highest BCUT2D eigenvalue weighted by atomic mass is 16.2. The number of likely N-dealkylation sites (tertiary alicyclic amines) is 1. The van der Waals surface area contributed by atoms with Crippen LogP contribution in [0.5, 0.6) is 0 Å². The zero-order chi connectivity index (χ0) is 16.9. The normalized spacial score (nSPS) is 22.9. The van der Waals surface area contributed by atoms with Crippen LogP contribution in [-0.2, 0) is 4.79 Å². The topological polar surface area (TPSA) is 132 Å². The molecule has 1 saturated carbocycles. The van der Waals surface area contributed by atoms with Gasteiger partial charge in [0.2, 0.25) is 5.91 Å². The molecule has 1 amide bonds. The van der Waals surface area contributed by atoms with Crippen LogP contribution < -0.4 is 16.8 Å². The quantitative estimate of drug-likeness (QED) is 0.446. The van der Waals surface area contributed by atoms with E-state index in [-0.39, 0.29) is 11.9 Å². The predicted octanol–water partition coefficient (Wildman–Crippen LogP) is 0.652. The van der Waals surface area contributed by atoms with Gasteiger partial charge >= 0.3 is 0 Å². The summed E-state index contributed by atoms with van der Waals surface area (Å²) in [6.45, 7) is 1.00. The number of nitrogens with zero attached hydrogens (tertiary/aromatic N) is 2. The molecular formula is C16H28N6O. The van der Waals surface area contributed by atoms with E-state index in [1.165, 1.54) is 19.3 Å². The molecule has 0 spiro atoms. The second-order valence-corrected chi connectivity index (χ2v) is 6.90. The Kier molecular flexibility index (Phi) is 5.83. The predicted molar refractivity (Wildman–Crippen MR) is 88.4 cm³/mol. The maximum atomic E-state index is 12.4. The summed E-state index contributed by atoms with van der Waals surface area (Å²) in [6.07, 6.45) is 7.66. The van der Waals surface area contributed by atoms with Gasteiger partial charge in [-0.2, -0.15) is 5.26 Å². The summed E-state index contributed by atoms with van der Waals surface area (Å²) in [6, 6.07) is 1.69. The van der Waals surface area contributed by atoms with Crippen LogP contribution in [0.15, 0.2) is 0 Å². The maximum absolute atomic E-state index is 12.4. The molecule has 7 heteroatoms. The number of carbonyl (C=O) groups is 1. The van der Waals surface area contributed by atoms with Gasteiger partial charge in [0.05, 0.1) is 12.1 Å². The lowest BCUT2D eigenvalue weighted by Crippen LogP contribution is -2.59. The van der Waals surface area contributed by atoms with Crippen LogP contribution in [0.1, 0.15) is 51.4 Å². The Hall–Kier alpha value is -1.81. The van der Waals surface area contributed by atoms with Gasteiger partial charge in [0.25, 0.3) is 0 Å². The minimum absolute atomic E-state index is 0.0110. The summed E-state index contributed by atoms with van der Waals surface area (Å²) in [7, 11) is 0. The zero-order valence-corrected chi connectivity index (χ0v) is 13.7. The lowest BCUT2D eigenvalue weighted by Gasteiger charge is -2.38. The summed E-state index contributed by atoms with van der Waals surface area (Å²) in [4.78, 5) is 14.1. The molecule has 0 radical (unpaired) electrons. The van der Waals surface area contributed by atoms with Gasteiger partial charge in [0.15, 0.2) is 5.96 Å². The third-order valence-electron chi connectivity index (χ3n) is 5.18. The summed E-state index contributed by atoms with van der Waals surface area (Å²) in [5.41, 5.74) is 10.7. The highest BCUT2D eigenvalue weighted by Gasteiger charge is 2.37. The highest BCUT2D eigenvalue weighted by molar-refractivity contribution is 5.82. The van der Waals surface area contributed by atoms with E-state index in [0.29, 0.717) is 38.3 Å². The first-order valence-electron chi connectivity index (χ1n) is 8.53. The Morgan fingerprint density at radius 3 is 2.48 bits per heavy atom. The number of nitrogens with two attached hydrogens (primary N) is 2. The van der Waals surface area contributed by atoms with Crippen LogP contribution >= 0.6 is 0 Å². The molecule has 2 aliphatic rings. The van der Waals surface area contributed by atoms with Crippen LogP contribution in [-0.4, -0.2) is 41.4 Å². The van der Waals surface area contributed by atoms with Gasteiger partial charge in [-0.15, -0.1) is 0 Å². The first-order valence-corrected chi connectivity index (χ1v) is 8.53. The number of amides is 1. The molecule has 0 bridgehead atoms. The molecule has 23 heavy (non-hydrogen) atoms. The molecule has 2 rings (SSSR count). The number of hydrogen-bond donors (Lipinski definition) is 4. The molecule has 128 valence electrons. The van der Waals surface area contributed by atoms with Crippen molar-refractivity contribution in [2.75, 3.05) is 13.1 Å². The van der Waals surface area contributed by atoms with Crippen molar-refractivity contribution < 1.29 is 4.79 Å². The molecule has 1 unspecified atom stereocenters. The SMILES string of the molecule is N#CC1(NC(=O)C(N)CC2CCCCC2)CCN(C(=N)N)CC1. The molecule has 1 aliphatic carbocycles. The molecular weight excluding hydrogens is 292 g/mol. The monoisotopic (exact) mass is 320 g/mol. The van der Waals surface area contributed by atoms with Gasteiger partial charge in [0.1, 0.15) is 5.54 Å². The molecule has 1 aliphatic heterocycles. The molecule has 6 N–H and O–H groups in total. The van der Waals surface area contributed by atoms with Gasteiger partial charge in [-0.05, 0) is 12.3 Å². The first-order chi connectivity index (χ1) is 11.0. The van der Waals surface area contributed by atoms with Crippen molar-refractivity contribution in [1.82, 2.24) is 10.2 Å². The largest absolute Gasteiger partial charge is 0.370 e. The Morgan fingerprint density at radius 2 is 1.96 bits per heavy atom. The average Bonchev–Trinajstić information content (AvgIpc) is 2.56. The van der Waals surface area contributed by atoms with E-state index in [9.17, 15) is 10.1 Å². The van der Waals surface area contributed by atoms with E-state index < -0.39 is 11.6 Å². The number of nitriles is 1. The third-order valence-corrected chi connectivity index (χ3v) is 5.18. The summed E-state index contributed by atoms with van der Waals surface area (Å²) in [5.74, 6) is 0.312. The molecule has 1 heterocycles. The van der Waals surface area contributed by atoms with Crippen molar-refractivity contribution in [3.63, 3.8) is 0 Å². The van der Waals surface area contributed by atoms with E-state index in [4.69, 9.17) is 16.9 Å². The van der Waals surface area contributed by atoms with Crippen LogP contribution in [0.3, 0.4) is 0 Å². The van der Waals surface area contributed by atoms with Crippen LogP contribution in [0, 0.1) is 22.7 Å². The molecule has 1 saturated heterocycles. The second kappa shape index (κ2) is 7.64. The third kappa shape index (κ3) is 4.58. The zero-order valence-electron chi connectivity index (χ0n) is 13.7. The van der Waals surface area contributed by atoms with Gasteiger partial charge in [0, 0.05) is 25.9 Å². The Morgan fingerprint density at radius 1 is 1.35 bits per heavy atom. The Balaban J connectivity index is 1.87. The van der Waals surface area contributed by atoms with Crippen molar-refractivity contribution in [3.8, 4) is 6.07 Å². The molecule has 2 fully saturated rings. The number of guanidine groups is 1. The van der Waals surface area contributed by atoms with Crippen molar-refractivity contribution in [1.29, 1.82) is 10.7 Å². The molecule has 0 aromatic rings. The van der Waals surface area contributed by atoms with Crippen molar-refractivity contribution >= 4 is 11.9 Å². The smallest absolute Gasteiger partial charge is 0.238 e. The van der Waals surface area contributed by atoms with Gasteiger partial charge in [-0.1, -0.05) is 32.1 Å². The van der Waals surface area contributed by atoms with E-state index in [2.05, 4.69) is 11.4 Å². The lowest BCUT2D eigenvalue weighted by atomic mass is 9.84. The minimum atomic E-state index is -0.882. The van der Waals surface area contributed by atoms with E-state index >= 15 is 0 Å². The van der Waals surface area contributed by atoms with Crippen molar-refractivity contribution in [2.45, 2.75) is 62.9 Å². The van der Waals surface area contributed by atoms with Crippen LogP contribution in [0.25, 0.3) is 0 Å². The fraction of sp³-hybridized carbons (Fsp3) is 0.812. The fourth-order valence-electron chi connectivity index (χ4n) is 3.61. The summed E-state index contributed by atoms with van der Waals surface area (Å²) in [5, 5.41) is 19.8. The highest BCUT2D eigenvalue weighted by Crippen LogP contribution is 2.27. The summed E-state index contributed by atoms with van der Waals surface area (Å²) >= 11 is 0. The Labute approximate surface area is 137 Å².